The highest BCUT2D eigenvalue weighted by Gasteiger charge is 2.49. The van der Waals surface area contributed by atoms with E-state index in [4.69, 9.17) is 0 Å². The monoisotopic (exact) mass is 288 g/mol. The molecule has 0 bridgehead atoms. The first-order valence-electron chi connectivity index (χ1n) is 8.03. The molecule has 4 heteroatoms. The molecule has 0 aromatic carbocycles. The molecule has 21 heavy (non-hydrogen) atoms. The summed E-state index contributed by atoms with van der Waals surface area (Å²) in [5.41, 5.74) is 3.59. The summed E-state index contributed by atoms with van der Waals surface area (Å²) in [5.74, 6) is 0. The predicted molar refractivity (Wildman–Crippen MR) is 81.1 cm³/mol. The zero-order valence-electron chi connectivity index (χ0n) is 12.8. The number of hydrogen-bond donors (Lipinski definition) is 0. The molecule has 0 unspecified atom stereocenters. The van der Waals surface area contributed by atoms with Crippen molar-refractivity contribution in [3.63, 3.8) is 0 Å². The van der Waals surface area contributed by atoms with E-state index < -0.39 is 0 Å². The number of pyridine rings is 1. The first-order valence-corrected chi connectivity index (χ1v) is 8.03. The average molecular weight is 288 g/mol. The van der Waals surface area contributed by atoms with Gasteiger partial charge in [0.2, 0.25) is 0 Å². The van der Waals surface area contributed by atoms with Crippen LogP contribution in [-0.2, 0) is 23.1 Å². The number of aldehydes is 1. The molecule has 0 radical (unpaired) electrons. The van der Waals surface area contributed by atoms with Gasteiger partial charge in [0, 0.05) is 29.9 Å². The Morgan fingerprint density at radius 1 is 1.38 bits per heavy atom. The average Bonchev–Trinajstić information content (AvgIpc) is 3.23. The summed E-state index contributed by atoms with van der Waals surface area (Å²) in [7, 11) is 1.93. The molecule has 4 nitrogen and oxygen atoms in total. The molecule has 114 valence electrons. The molecule has 2 aliphatic rings. The van der Waals surface area contributed by atoms with E-state index in [-0.39, 0.29) is 0 Å². The number of hydrogen-bond acceptors (Lipinski definition) is 3. The van der Waals surface area contributed by atoms with Crippen molar-refractivity contribution in [1.29, 1.82) is 0 Å². The molecule has 1 aromatic heterocycles. The van der Waals surface area contributed by atoms with Gasteiger partial charge in [0.1, 0.15) is 6.29 Å². The maximum Gasteiger partial charge on any atom is 0.196 e. The van der Waals surface area contributed by atoms with Gasteiger partial charge >= 0.3 is 0 Å². The van der Waals surface area contributed by atoms with E-state index >= 15 is 0 Å². The molecule has 0 aliphatic heterocycles. The lowest BCUT2D eigenvalue weighted by atomic mass is 9.82. The van der Waals surface area contributed by atoms with Gasteiger partial charge in [-0.2, -0.15) is 4.73 Å². The Bertz CT molecular complexity index is 538. The van der Waals surface area contributed by atoms with Crippen molar-refractivity contribution in [1.82, 2.24) is 4.90 Å². The molecule has 2 aliphatic carbocycles. The SMILES string of the molecule is CN(CC=O)CCCc1ccc2c([n+]1[O-])CCCC21CC1. The molecule has 0 amide bonds. The molecule has 1 spiro atoms. The van der Waals surface area contributed by atoms with Gasteiger partial charge in [0.25, 0.3) is 0 Å². The van der Waals surface area contributed by atoms with Crippen molar-refractivity contribution in [3.05, 3.63) is 34.3 Å². The largest absolute Gasteiger partial charge is 0.618 e. The molecule has 1 saturated carbocycles. The van der Waals surface area contributed by atoms with Crippen LogP contribution in [0.1, 0.15) is 49.1 Å². The Labute approximate surface area is 126 Å². The number of fused-ring (bicyclic) bond motifs is 2. The summed E-state index contributed by atoms with van der Waals surface area (Å²) in [6.07, 6.45) is 8.48. The molecular formula is C17H24N2O2. The fraction of sp³-hybridized carbons (Fsp3) is 0.647. The highest BCUT2D eigenvalue weighted by Crippen LogP contribution is 2.54. The number of aryl methyl sites for hydroxylation is 1. The van der Waals surface area contributed by atoms with Gasteiger partial charge in [-0.1, -0.05) is 0 Å². The molecule has 0 N–H and O–H groups in total. The van der Waals surface area contributed by atoms with E-state index in [2.05, 4.69) is 6.07 Å². The van der Waals surface area contributed by atoms with Gasteiger partial charge in [-0.3, -0.25) is 4.90 Å². The van der Waals surface area contributed by atoms with Crippen LogP contribution in [0.2, 0.25) is 0 Å². The standard InChI is InChI=1S/C17H24N2O2/c1-18(12-13-20)11-3-4-14-6-7-15-16(19(14)21)5-2-8-17(15)9-10-17/h6-7,13H,2-5,8-12H2,1H3. The Morgan fingerprint density at radius 2 is 2.19 bits per heavy atom. The lowest BCUT2D eigenvalue weighted by Crippen LogP contribution is -2.41. The number of aromatic nitrogens is 1. The smallest absolute Gasteiger partial charge is 0.196 e. The summed E-state index contributed by atoms with van der Waals surface area (Å²) in [5, 5.41) is 12.6. The summed E-state index contributed by atoms with van der Waals surface area (Å²) in [6, 6.07) is 4.23. The van der Waals surface area contributed by atoms with Crippen LogP contribution in [0, 0.1) is 5.21 Å². The third-order valence-corrected chi connectivity index (χ3v) is 5.11. The van der Waals surface area contributed by atoms with Gasteiger partial charge in [-0.15, -0.1) is 0 Å². The van der Waals surface area contributed by atoms with E-state index in [1.807, 2.05) is 18.0 Å². The topological polar surface area (TPSA) is 47.2 Å². The third-order valence-electron chi connectivity index (χ3n) is 5.11. The minimum absolute atomic E-state index is 0.364. The number of likely N-dealkylation sites (N-methyl/N-ethyl adjacent to an activating group) is 1. The van der Waals surface area contributed by atoms with Crippen molar-refractivity contribution in [2.45, 2.75) is 50.4 Å². The van der Waals surface area contributed by atoms with E-state index in [9.17, 15) is 10.0 Å². The number of rotatable bonds is 6. The second kappa shape index (κ2) is 5.76. The van der Waals surface area contributed by atoms with Crippen LogP contribution in [-0.4, -0.2) is 31.3 Å². The van der Waals surface area contributed by atoms with Gasteiger partial charge < -0.3 is 10.0 Å². The first kappa shape index (κ1) is 14.5. The summed E-state index contributed by atoms with van der Waals surface area (Å²) in [6.45, 7) is 1.31. The summed E-state index contributed by atoms with van der Waals surface area (Å²) >= 11 is 0. The Kier molecular flexibility index (Phi) is 3.98. The van der Waals surface area contributed by atoms with Crippen LogP contribution in [0.5, 0.6) is 0 Å². The molecular weight excluding hydrogens is 264 g/mol. The Hall–Kier alpha value is -1.42. The second-order valence-electron chi connectivity index (χ2n) is 6.65. The van der Waals surface area contributed by atoms with Gasteiger partial charge in [-0.05, 0) is 51.8 Å². The summed E-state index contributed by atoms with van der Waals surface area (Å²) in [4.78, 5) is 12.4. The fourth-order valence-electron chi connectivity index (χ4n) is 3.68. The van der Waals surface area contributed by atoms with Crippen molar-refractivity contribution in [2.24, 2.45) is 0 Å². The normalized spacial score (nSPS) is 18.8. The number of carbonyl (C=O) groups is 1. The van der Waals surface area contributed by atoms with Crippen molar-refractivity contribution in [3.8, 4) is 0 Å². The maximum absolute atomic E-state index is 12.6. The fourth-order valence-corrected chi connectivity index (χ4v) is 3.68. The molecule has 0 atom stereocenters. The molecule has 0 saturated heterocycles. The zero-order chi connectivity index (χ0) is 14.9. The number of nitrogens with zero attached hydrogens (tertiary/aromatic N) is 2. The van der Waals surface area contributed by atoms with Crippen LogP contribution < -0.4 is 4.73 Å². The van der Waals surface area contributed by atoms with Crippen molar-refractivity contribution < 1.29 is 9.52 Å². The Balaban J connectivity index is 1.68. The van der Waals surface area contributed by atoms with Gasteiger partial charge in [0.05, 0.1) is 6.54 Å². The minimum Gasteiger partial charge on any atom is -0.618 e. The summed E-state index contributed by atoms with van der Waals surface area (Å²) < 4.78 is 1.20. The maximum atomic E-state index is 12.6. The van der Waals surface area contributed by atoms with Crippen LogP contribution in [0.15, 0.2) is 12.1 Å². The van der Waals surface area contributed by atoms with Gasteiger partial charge in [-0.25, -0.2) is 0 Å². The quantitative estimate of drug-likeness (QED) is 0.455. The number of carbonyl (C=O) groups excluding carboxylic acids is 1. The Morgan fingerprint density at radius 3 is 2.90 bits per heavy atom. The van der Waals surface area contributed by atoms with E-state index in [1.165, 1.54) is 29.6 Å². The van der Waals surface area contributed by atoms with Crippen molar-refractivity contribution >= 4 is 6.29 Å². The molecule has 1 fully saturated rings. The lowest BCUT2D eigenvalue weighted by Gasteiger charge is -2.24. The van der Waals surface area contributed by atoms with E-state index in [0.29, 0.717) is 12.0 Å². The zero-order valence-corrected chi connectivity index (χ0v) is 12.8. The predicted octanol–water partition coefficient (Wildman–Crippen LogP) is 1.75. The highest BCUT2D eigenvalue weighted by molar-refractivity contribution is 5.51. The highest BCUT2D eigenvalue weighted by atomic mass is 16.5. The van der Waals surface area contributed by atoms with Crippen LogP contribution in [0.25, 0.3) is 0 Å². The van der Waals surface area contributed by atoms with E-state index in [1.54, 1.807) is 0 Å². The van der Waals surface area contributed by atoms with E-state index in [0.717, 1.165) is 49.9 Å². The van der Waals surface area contributed by atoms with Crippen LogP contribution >= 0.6 is 0 Å². The first-order chi connectivity index (χ1) is 10.2. The lowest BCUT2D eigenvalue weighted by molar-refractivity contribution is -0.623. The molecule has 1 aromatic rings. The molecule has 1 heterocycles. The second-order valence-corrected chi connectivity index (χ2v) is 6.65. The van der Waals surface area contributed by atoms with Crippen molar-refractivity contribution in [2.75, 3.05) is 20.1 Å². The third kappa shape index (κ3) is 2.82. The molecule has 3 rings (SSSR count). The van der Waals surface area contributed by atoms with Crippen LogP contribution in [0.4, 0.5) is 0 Å². The van der Waals surface area contributed by atoms with Gasteiger partial charge in [0.15, 0.2) is 11.4 Å². The minimum atomic E-state index is 0.364. The van der Waals surface area contributed by atoms with Crippen LogP contribution in [0.3, 0.4) is 0 Å².